The maximum atomic E-state index is 11.2. The van der Waals surface area contributed by atoms with Gasteiger partial charge in [0, 0.05) is 11.8 Å². The van der Waals surface area contributed by atoms with Gasteiger partial charge < -0.3 is 5.73 Å². The van der Waals surface area contributed by atoms with Gasteiger partial charge >= 0.3 is 0 Å². The lowest BCUT2D eigenvalue weighted by Gasteiger charge is -2.09. The van der Waals surface area contributed by atoms with Crippen molar-refractivity contribution in [2.24, 2.45) is 5.73 Å². The predicted molar refractivity (Wildman–Crippen MR) is 64.8 cm³/mol. The van der Waals surface area contributed by atoms with Crippen molar-refractivity contribution in [2.45, 2.75) is 25.8 Å². The predicted octanol–water partition coefficient (Wildman–Crippen LogP) is 1.96. The first-order valence-corrected chi connectivity index (χ1v) is 7.79. The van der Waals surface area contributed by atoms with Gasteiger partial charge in [0.2, 0.25) is 0 Å². The minimum Gasteiger partial charge on any atom is -0.324 e. The lowest BCUT2D eigenvalue weighted by atomic mass is 10.1. The van der Waals surface area contributed by atoms with E-state index in [0.29, 0.717) is 6.42 Å². The van der Waals surface area contributed by atoms with Crippen molar-refractivity contribution >= 4 is 21.2 Å². The zero-order chi connectivity index (χ0) is 11.3. The fourth-order valence-electron chi connectivity index (χ4n) is 1.32. The molecule has 1 unspecified atom stereocenters. The van der Waals surface area contributed by atoms with Crippen LogP contribution in [0, 0.1) is 0 Å². The number of sulfone groups is 1. The van der Waals surface area contributed by atoms with E-state index in [9.17, 15) is 8.42 Å². The Morgan fingerprint density at radius 2 is 2.27 bits per heavy atom. The van der Waals surface area contributed by atoms with E-state index in [1.165, 1.54) is 0 Å². The summed E-state index contributed by atoms with van der Waals surface area (Å²) in [5, 5.41) is 4.00. The molecule has 1 atom stereocenters. The second-order valence-corrected chi connectivity index (χ2v) is 6.79. The summed E-state index contributed by atoms with van der Waals surface area (Å²) >= 11 is 1.61. The molecular formula is C10H17NO2S2. The zero-order valence-electron chi connectivity index (χ0n) is 8.85. The van der Waals surface area contributed by atoms with Crippen molar-refractivity contribution in [3.05, 3.63) is 22.4 Å². The quantitative estimate of drug-likeness (QED) is 0.836. The topological polar surface area (TPSA) is 60.2 Å². The van der Waals surface area contributed by atoms with Crippen molar-refractivity contribution < 1.29 is 8.42 Å². The molecule has 0 radical (unpaired) electrons. The van der Waals surface area contributed by atoms with Crippen molar-refractivity contribution in [3.63, 3.8) is 0 Å². The second kappa shape index (κ2) is 5.63. The van der Waals surface area contributed by atoms with Crippen molar-refractivity contribution in [1.29, 1.82) is 0 Å². The van der Waals surface area contributed by atoms with Gasteiger partial charge in [-0.2, -0.15) is 11.3 Å². The summed E-state index contributed by atoms with van der Waals surface area (Å²) in [7, 11) is -2.84. The Kier molecular flexibility index (Phi) is 4.76. The van der Waals surface area contributed by atoms with Gasteiger partial charge in [0.25, 0.3) is 0 Å². The Hall–Kier alpha value is -0.390. The van der Waals surface area contributed by atoms with Crippen LogP contribution in [0.2, 0.25) is 0 Å². The van der Waals surface area contributed by atoms with Crippen LogP contribution in [0.25, 0.3) is 0 Å². The Labute approximate surface area is 95.2 Å². The summed E-state index contributed by atoms with van der Waals surface area (Å²) in [4.78, 5) is 0. The summed E-state index contributed by atoms with van der Waals surface area (Å²) in [6.45, 7) is 1.67. The largest absolute Gasteiger partial charge is 0.324 e. The Bertz CT molecular complexity index is 370. The summed E-state index contributed by atoms with van der Waals surface area (Å²) in [6.07, 6.45) is 1.38. The van der Waals surface area contributed by atoms with Gasteiger partial charge in [0.15, 0.2) is 0 Å². The van der Waals surface area contributed by atoms with Crippen LogP contribution in [0.15, 0.2) is 16.8 Å². The summed E-state index contributed by atoms with van der Waals surface area (Å²) in [5.41, 5.74) is 7.03. The molecule has 1 aromatic heterocycles. The molecule has 0 saturated heterocycles. The zero-order valence-corrected chi connectivity index (χ0v) is 10.5. The molecule has 0 aliphatic rings. The van der Waals surface area contributed by atoms with Crippen LogP contribution < -0.4 is 5.73 Å². The van der Waals surface area contributed by atoms with Crippen LogP contribution in [0.5, 0.6) is 0 Å². The Balaban J connectivity index is 2.33. The molecule has 0 spiro atoms. The molecule has 2 N–H and O–H groups in total. The van der Waals surface area contributed by atoms with E-state index in [1.807, 2.05) is 16.8 Å². The minimum absolute atomic E-state index is 0.0247. The Morgan fingerprint density at radius 3 is 2.80 bits per heavy atom. The van der Waals surface area contributed by atoms with Gasteiger partial charge in [-0.1, -0.05) is 6.92 Å². The molecule has 86 valence electrons. The standard InChI is InChI=1S/C10H17NO2S2/c1-2-15(12,13)7-3-4-10(11)9-5-6-14-8-9/h5-6,8,10H,2-4,7,11H2,1H3. The van der Waals surface area contributed by atoms with E-state index < -0.39 is 9.84 Å². The van der Waals surface area contributed by atoms with Crippen LogP contribution in [0.3, 0.4) is 0 Å². The molecule has 0 amide bonds. The van der Waals surface area contributed by atoms with Crippen molar-refractivity contribution in [3.8, 4) is 0 Å². The number of rotatable bonds is 6. The fourth-order valence-corrected chi connectivity index (χ4v) is 2.94. The van der Waals surface area contributed by atoms with Gasteiger partial charge in [-0.05, 0) is 35.2 Å². The number of hydrogen-bond acceptors (Lipinski definition) is 4. The van der Waals surface area contributed by atoms with Crippen molar-refractivity contribution in [2.75, 3.05) is 11.5 Å². The minimum atomic E-state index is -2.84. The molecule has 3 nitrogen and oxygen atoms in total. The molecule has 0 aliphatic carbocycles. The average Bonchev–Trinajstić information content (AvgIpc) is 2.70. The fraction of sp³-hybridized carbons (Fsp3) is 0.600. The van der Waals surface area contributed by atoms with Crippen LogP contribution in [-0.4, -0.2) is 19.9 Å². The molecule has 0 saturated carbocycles. The van der Waals surface area contributed by atoms with Crippen LogP contribution in [0.4, 0.5) is 0 Å². The van der Waals surface area contributed by atoms with Gasteiger partial charge in [0.1, 0.15) is 9.84 Å². The van der Waals surface area contributed by atoms with Gasteiger partial charge in [-0.3, -0.25) is 0 Å². The molecule has 0 aliphatic heterocycles. The van der Waals surface area contributed by atoms with E-state index in [4.69, 9.17) is 5.73 Å². The van der Waals surface area contributed by atoms with E-state index in [2.05, 4.69) is 0 Å². The lowest BCUT2D eigenvalue weighted by Crippen LogP contribution is -2.13. The second-order valence-electron chi connectivity index (χ2n) is 3.54. The van der Waals surface area contributed by atoms with E-state index in [-0.39, 0.29) is 17.5 Å². The molecule has 1 aromatic rings. The highest BCUT2D eigenvalue weighted by Gasteiger charge is 2.10. The smallest absolute Gasteiger partial charge is 0.150 e. The third-order valence-corrected chi connectivity index (χ3v) is 4.87. The van der Waals surface area contributed by atoms with Crippen molar-refractivity contribution in [1.82, 2.24) is 0 Å². The van der Waals surface area contributed by atoms with Gasteiger partial charge in [-0.25, -0.2) is 8.42 Å². The highest BCUT2D eigenvalue weighted by Crippen LogP contribution is 2.18. The molecule has 0 bridgehead atoms. The normalized spacial score (nSPS) is 14.0. The first kappa shape index (κ1) is 12.7. The molecule has 0 fully saturated rings. The SMILES string of the molecule is CCS(=O)(=O)CCCC(N)c1ccsc1. The van der Waals surface area contributed by atoms with Crippen LogP contribution in [0.1, 0.15) is 31.4 Å². The number of thiophene rings is 1. The average molecular weight is 247 g/mol. The number of nitrogens with two attached hydrogens (primary N) is 1. The lowest BCUT2D eigenvalue weighted by molar-refractivity contribution is 0.584. The van der Waals surface area contributed by atoms with E-state index >= 15 is 0 Å². The number of hydrogen-bond donors (Lipinski definition) is 1. The Morgan fingerprint density at radius 1 is 1.53 bits per heavy atom. The molecule has 5 heteroatoms. The third kappa shape index (κ3) is 4.32. The molecule has 1 heterocycles. The highest BCUT2D eigenvalue weighted by molar-refractivity contribution is 7.91. The molecule has 1 rings (SSSR count). The monoisotopic (exact) mass is 247 g/mol. The first-order chi connectivity index (χ1) is 7.05. The summed E-state index contributed by atoms with van der Waals surface area (Å²) in [5.74, 6) is 0.474. The first-order valence-electron chi connectivity index (χ1n) is 5.03. The molecule has 0 aromatic carbocycles. The summed E-state index contributed by atoms with van der Waals surface area (Å²) in [6, 6.07) is 1.97. The van der Waals surface area contributed by atoms with Gasteiger partial charge in [-0.15, -0.1) is 0 Å². The van der Waals surface area contributed by atoms with E-state index in [1.54, 1.807) is 18.3 Å². The molecular weight excluding hydrogens is 230 g/mol. The van der Waals surface area contributed by atoms with Crippen LogP contribution >= 0.6 is 11.3 Å². The van der Waals surface area contributed by atoms with Crippen LogP contribution in [-0.2, 0) is 9.84 Å². The highest BCUT2D eigenvalue weighted by atomic mass is 32.2. The maximum Gasteiger partial charge on any atom is 0.150 e. The third-order valence-electron chi connectivity index (χ3n) is 2.38. The maximum absolute atomic E-state index is 11.2. The molecule has 15 heavy (non-hydrogen) atoms. The van der Waals surface area contributed by atoms with Gasteiger partial charge in [0.05, 0.1) is 5.75 Å². The summed E-state index contributed by atoms with van der Waals surface area (Å²) < 4.78 is 22.5. The van der Waals surface area contributed by atoms with E-state index in [0.717, 1.165) is 12.0 Å².